The summed E-state index contributed by atoms with van der Waals surface area (Å²) in [6.45, 7) is 5.53. The third-order valence-corrected chi connectivity index (χ3v) is 1.60. The Morgan fingerprint density at radius 2 is 1.69 bits per heavy atom. The van der Waals surface area contributed by atoms with Gasteiger partial charge in [-0.15, -0.1) is 0 Å². The Hall–Kier alpha value is -0.200. The molecule has 0 aliphatic carbocycles. The van der Waals surface area contributed by atoms with Gasteiger partial charge in [-0.05, 0) is 20.0 Å². The maximum Gasteiger partial charge on any atom is 0.0225 e. The summed E-state index contributed by atoms with van der Waals surface area (Å²) in [5, 5.41) is 6.29. The van der Waals surface area contributed by atoms with Gasteiger partial charge in [0.2, 0.25) is 0 Å². The predicted molar refractivity (Wildman–Crippen MR) is 56.5 cm³/mol. The number of nitrogens with one attached hydrogen (secondary N) is 4. The van der Waals surface area contributed by atoms with Crippen molar-refractivity contribution in [3.8, 4) is 0 Å². The summed E-state index contributed by atoms with van der Waals surface area (Å²) in [7, 11) is 1.96. The Morgan fingerprint density at radius 3 is 2.38 bits per heavy atom. The van der Waals surface area contributed by atoms with Gasteiger partial charge in [0, 0.05) is 32.7 Å². The van der Waals surface area contributed by atoms with Gasteiger partial charge in [-0.1, -0.05) is 0 Å². The largest absolute Gasteiger partial charge is 0.329 e. The molecule has 0 radical (unpaired) electrons. The van der Waals surface area contributed by atoms with Crippen LogP contribution in [0.15, 0.2) is 0 Å². The Balaban J connectivity index is 2.76. The molecule has 80 valence electrons. The minimum atomic E-state index is 0.704. The maximum absolute atomic E-state index is 5.32. The second-order valence-corrected chi connectivity index (χ2v) is 2.85. The van der Waals surface area contributed by atoms with E-state index in [0.29, 0.717) is 6.54 Å². The van der Waals surface area contributed by atoms with Gasteiger partial charge in [0.15, 0.2) is 0 Å². The van der Waals surface area contributed by atoms with Crippen LogP contribution in [-0.4, -0.2) is 46.3 Å². The second kappa shape index (κ2) is 11.8. The van der Waals surface area contributed by atoms with Gasteiger partial charge in [0.05, 0.1) is 0 Å². The fourth-order valence-electron chi connectivity index (χ4n) is 0.908. The average molecular weight is 189 g/mol. The van der Waals surface area contributed by atoms with Gasteiger partial charge in [-0.25, -0.2) is 0 Å². The van der Waals surface area contributed by atoms with E-state index in [1.165, 1.54) is 0 Å². The molecule has 0 amide bonds. The molecule has 0 aliphatic rings. The van der Waals surface area contributed by atoms with Gasteiger partial charge in [-0.3, -0.25) is 10.9 Å². The van der Waals surface area contributed by atoms with Crippen LogP contribution in [-0.2, 0) is 0 Å². The molecule has 13 heavy (non-hydrogen) atoms. The molecule has 0 saturated carbocycles. The van der Waals surface area contributed by atoms with E-state index in [0.717, 1.165) is 39.1 Å². The second-order valence-electron chi connectivity index (χ2n) is 2.85. The van der Waals surface area contributed by atoms with Crippen molar-refractivity contribution in [2.45, 2.75) is 6.42 Å². The third-order valence-electron chi connectivity index (χ3n) is 1.60. The summed E-state index contributed by atoms with van der Waals surface area (Å²) in [5.41, 5.74) is 11.6. The van der Waals surface area contributed by atoms with Crippen molar-refractivity contribution in [2.24, 2.45) is 5.73 Å². The number of hydrogen-bond donors (Lipinski definition) is 5. The van der Waals surface area contributed by atoms with E-state index in [1.807, 2.05) is 7.05 Å². The van der Waals surface area contributed by atoms with Gasteiger partial charge in [-0.2, -0.15) is 0 Å². The van der Waals surface area contributed by atoms with Crippen LogP contribution in [0.5, 0.6) is 0 Å². The highest BCUT2D eigenvalue weighted by Crippen LogP contribution is 1.68. The SMILES string of the molecule is CNCCCNNCCNCCN. The van der Waals surface area contributed by atoms with E-state index in [-0.39, 0.29) is 0 Å². The Bertz CT molecular complexity index is 78.6. The predicted octanol–water partition coefficient (Wildman–Crippen LogP) is -1.76. The fourth-order valence-corrected chi connectivity index (χ4v) is 0.908. The van der Waals surface area contributed by atoms with Gasteiger partial charge >= 0.3 is 0 Å². The molecule has 0 bridgehead atoms. The molecule has 5 nitrogen and oxygen atoms in total. The maximum atomic E-state index is 5.32. The highest BCUT2D eigenvalue weighted by Gasteiger charge is 1.86. The first-order chi connectivity index (χ1) is 6.41. The molecule has 0 unspecified atom stereocenters. The zero-order valence-corrected chi connectivity index (χ0v) is 8.53. The molecule has 0 aliphatic heterocycles. The van der Waals surface area contributed by atoms with Crippen molar-refractivity contribution in [3.63, 3.8) is 0 Å². The quantitative estimate of drug-likeness (QED) is 0.208. The highest BCUT2D eigenvalue weighted by molar-refractivity contribution is 4.50. The highest BCUT2D eigenvalue weighted by atomic mass is 15.3. The van der Waals surface area contributed by atoms with Crippen molar-refractivity contribution in [1.29, 1.82) is 0 Å². The smallest absolute Gasteiger partial charge is 0.0225 e. The molecule has 0 aromatic rings. The molecule has 0 spiro atoms. The van der Waals surface area contributed by atoms with Gasteiger partial charge in [0.25, 0.3) is 0 Å². The molecule has 0 rings (SSSR count). The summed E-state index contributed by atoms with van der Waals surface area (Å²) >= 11 is 0. The molecular formula is C8H23N5. The minimum absolute atomic E-state index is 0.704. The normalized spacial score (nSPS) is 10.6. The lowest BCUT2D eigenvalue weighted by atomic mass is 10.4. The molecule has 0 aromatic carbocycles. The molecule has 0 atom stereocenters. The average Bonchev–Trinajstić information content (AvgIpc) is 2.16. The molecular weight excluding hydrogens is 166 g/mol. The lowest BCUT2D eigenvalue weighted by Crippen LogP contribution is -2.39. The topological polar surface area (TPSA) is 74.1 Å². The zero-order valence-electron chi connectivity index (χ0n) is 8.53. The minimum Gasteiger partial charge on any atom is -0.329 e. The summed E-state index contributed by atoms with van der Waals surface area (Å²) in [5.74, 6) is 0. The van der Waals surface area contributed by atoms with Crippen LogP contribution in [0.3, 0.4) is 0 Å². The summed E-state index contributed by atoms with van der Waals surface area (Å²) in [4.78, 5) is 0. The number of hydrazine groups is 1. The number of nitrogens with two attached hydrogens (primary N) is 1. The van der Waals surface area contributed by atoms with E-state index < -0.39 is 0 Å². The van der Waals surface area contributed by atoms with Crippen LogP contribution in [0.25, 0.3) is 0 Å². The molecule has 6 N–H and O–H groups in total. The van der Waals surface area contributed by atoms with E-state index in [1.54, 1.807) is 0 Å². The fraction of sp³-hybridized carbons (Fsp3) is 1.00. The zero-order chi connectivity index (χ0) is 9.78. The Kier molecular flexibility index (Phi) is 11.6. The van der Waals surface area contributed by atoms with Crippen LogP contribution in [0.2, 0.25) is 0 Å². The van der Waals surface area contributed by atoms with Crippen LogP contribution < -0.4 is 27.2 Å². The Morgan fingerprint density at radius 1 is 0.923 bits per heavy atom. The van der Waals surface area contributed by atoms with Crippen molar-refractivity contribution in [3.05, 3.63) is 0 Å². The lowest BCUT2D eigenvalue weighted by Gasteiger charge is -2.07. The van der Waals surface area contributed by atoms with E-state index in [4.69, 9.17) is 5.73 Å². The first-order valence-corrected chi connectivity index (χ1v) is 4.93. The van der Waals surface area contributed by atoms with Gasteiger partial charge in [0.1, 0.15) is 0 Å². The van der Waals surface area contributed by atoms with Crippen molar-refractivity contribution >= 4 is 0 Å². The van der Waals surface area contributed by atoms with Crippen molar-refractivity contribution in [2.75, 3.05) is 46.3 Å². The first kappa shape index (κ1) is 12.8. The number of hydrogen-bond acceptors (Lipinski definition) is 5. The molecule has 0 saturated heterocycles. The molecule has 5 heteroatoms. The summed E-state index contributed by atoms with van der Waals surface area (Å²) in [6.07, 6.45) is 1.14. The molecule has 0 aromatic heterocycles. The Labute approximate surface area is 80.8 Å². The first-order valence-electron chi connectivity index (χ1n) is 4.93. The molecule has 0 fully saturated rings. The van der Waals surface area contributed by atoms with E-state index in [2.05, 4.69) is 21.5 Å². The van der Waals surface area contributed by atoms with Crippen LogP contribution in [0, 0.1) is 0 Å². The summed E-state index contributed by atoms with van der Waals surface area (Å²) in [6, 6.07) is 0. The van der Waals surface area contributed by atoms with Crippen LogP contribution >= 0.6 is 0 Å². The molecule has 0 heterocycles. The van der Waals surface area contributed by atoms with Crippen LogP contribution in [0.1, 0.15) is 6.42 Å². The van der Waals surface area contributed by atoms with Crippen molar-refractivity contribution in [1.82, 2.24) is 21.5 Å². The standard InChI is InChI=1S/C8H23N5/c1-10-4-2-5-12-13-8-7-11-6-3-9/h10-13H,2-9H2,1H3. The van der Waals surface area contributed by atoms with Crippen LogP contribution in [0.4, 0.5) is 0 Å². The number of rotatable bonds is 10. The van der Waals surface area contributed by atoms with E-state index in [9.17, 15) is 0 Å². The van der Waals surface area contributed by atoms with Crippen molar-refractivity contribution < 1.29 is 0 Å². The lowest BCUT2D eigenvalue weighted by molar-refractivity contribution is 0.502. The van der Waals surface area contributed by atoms with Gasteiger partial charge < -0.3 is 16.4 Å². The monoisotopic (exact) mass is 189 g/mol. The summed E-state index contributed by atoms with van der Waals surface area (Å²) < 4.78 is 0. The third kappa shape index (κ3) is 11.8. The van der Waals surface area contributed by atoms with E-state index >= 15 is 0 Å².